The van der Waals surface area contributed by atoms with Gasteiger partial charge in [0.1, 0.15) is 6.04 Å². The van der Waals surface area contributed by atoms with E-state index in [1.165, 1.54) is 18.2 Å². The number of halogens is 2. The zero-order valence-corrected chi connectivity index (χ0v) is 17.4. The third kappa shape index (κ3) is 4.08. The normalized spacial score (nSPS) is 14.7. The van der Waals surface area contributed by atoms with Gasteiger partial charge in [0, 0.05) is 22.3 Å². The third-order valence-electron chi connectivity index (χ3n) is 4.57. The Morgan fingerprint density at radius 2 is 1.81 bits per heavy atom. The van der Waals surface area contributed by atoms with E-state index in [1.54, 1.807) is 11.8 Å². The van der Waals surface area contributed by atoms with Crippen molar-refractivity contribution in [1.82, 2.24) is 0 Å². The number of benzene rings is 2. The second kappa shape index (κ2) is 7.70. The van der Waals surface area contributed by atoms with Gasteiger partial charge in [-0.3, -0.25) is 9.10 Å². The quantitative estimate of drug-likeness (QED) is 0.721. The predicted octanol–water partition coefficient (Wildman–Crippen LogP) is 4.13. The van der Waals surface area contributed by atoms with Crippen molar-refractivity contribution in [3.63, 3.8) is 0 Å². The Hall–Kier alpha value is -1.76. The van der Waals surface area contributed by atoms with Crippen LogP contribution in [0.25, 0.3) is 0 Å². The van der Waals surface area contributed by atoms with Gasteiger partial charge in [-0.15, -0.1) is 0 Å². The summed E-state index contributed by atoms with van der Waals surface area (Å²) in [7, 11) is -3.75. The molecule has 2 aromatic rings. The summed E-state index contributed by atoms with van der Waals surface area (Å²) in [5, 5.41) is 0.611. The minimum atomic E-state index is -3.75. The van der Waals surface area contributed by atoms with Crippen LogP contribution in [0.15, 0.2) is 42.5 Å². The molecule has 3 rings (SSSR count). The van der Waals surface area contributed by atoms with E-state index in [1.807, 2.05) is 24.3 Å². The number of carbonyl (C=O) groups excluding carboxylic acids is 1. The Balaban J connectivity index is 2.04. The number of hydrogen-bond donors (Lipinski definition) is 0. The molecule has 0 N–H and O–H groups in total. The molecule has 1 aliphatic heterocycles. The standard InChI is InChI=1S/C19H20Cl2N2O3S/c1-3-17(19(24)22-9-8-13-6-4-5-7-18(13)22)23(27(2,25)26)16-11-14(20)10-15(21)12-16/h4-7,10-12,17H,3,8-9H2,1-2H3/t17-/m1/s1. The summed E-state index contributed by atoms with van der Waals surface area (Å²) in [4.78, 5) is 15.0. The van der Waals surface area contributed by atoms with Crippen LogP contribution in [0, 0.1) is 0 Å². The molecule has 1 heterocycles. The lowest BCUT2D eigenvalue weighted by molar-refractivity contribution is -0.119. The highest BCUT2D eigenvalue weighted by molar-refractivity contribution is 7.92. The van der Waals surface area contributed by atoms with Crippen molar-refractivity contribution < 1.29 is 13.2 Å². The number of fused-ring (bicyclic) bond motifs is 1. The summed E-state index contributed by atoms with van der Waals surface area (Å²) in [6, 6.07) is 11.3. The highest BCUT2D eigenvalue weighted by atomic mass is 35.5. The van der Waals surface area contributed by atoms with Crippen molar-refractivity contribution in [3.8, 4) is 0 Å². The van der Waals surface area contributed by atoms with Crippen molar-refractivity contribution in [2.45, 2.75) is 25.8 Å². The van der Waals surface area contributed by atoms with Crippen molar-refractivity contribution in [2.24, 2.45) is 0 Å². The van der Waals surface area contributed by atoms with Crippen LogP contribution in [0.2, 0.25) is 10.0 Å². The Kier molecular flexibility index (Phi) is 5.70. The van der Waals surface area contributed by atoms with Crippen LogP contribution in [0.5, 0.6) is 0 Å². The SMILES string of the molecule is CC[C@H](C(=O)N1CCc2ccccc21)N(c1cc(Cl)cc(Cl)c1)S(C)(=O)=O. The molecule has 0 spiro atoms. The maximum absolute atomic E-state index is 13.3. The molecule has 2 aromatic carbocycles. The number of nitrogens with zero attached hydrogens (tertiary/aromatic N) is 2. The molecule has 1 atom stereocenters. The topological polar surface area (TPSA) is 57.7 Å². The average molecular weight is 427 g/mol. The largest absolute Gasteiger partial charge is 0.310 e. The van der Waals surface area contributed by atoms with Crippen LogP contribution in [-0.2, 0) is 21.2 Å². The minimum absolute atomic E-state index is 0.260. The highest BCUT2D eigenvalue weighted by Crippen LogP contribution is 2.33. The van der Waals surface area contributed by atoms with Gasteiger partial charge in [0.05, 0.1) is 11.9 Å². The molecule has 8 heteroatoms. The van der Waals surface area contributed by atoms with Crippen molar-refractivity contribution in [1.29, 1.82) is 0 Å². The maximum atomic E-state index is 13.3. The molecular weight excluding hydrogens is 407 g/mol. The lowest BCUT2D eigenvalue weighted by Gasteiger charge is -2.33. The molecule has 1 amide bonds. The minimum Gasteiger partial charge on any atom is -0.310 e. The summed E-state index contributed by atoms with van der Waals surface area (Å²) >= 11 is 12.1. The number of amides is 1. The van der Waals surface area contributed by atoms with Gasteiger partial charge in [-0.2, -0.15) is 0 Å². The van der Waals surface area contributed by atoms with E-state index in [0.29, 0.717) is 23.0 Å². The molecular formula is C19H20Cl2N2O3S. The fourth-order valence-corrected chi connectivity index (χ4v) is 5.16. The molecule has 27 heavy (non-hydrogen) atoms. The fraction of sp³-hybridized carbons (Fsp3) is 0.316. The van der Waals surface area contributed by atoms with E-state index in [0.717, 1.165) is 28.2 Å². The van der Waals surface area contributed by atoms with Gasteiger partial charge < -0.3 is 4.90 Å². The zero-order valence-electron chi connectivity index (χ0n) is 15.0. The second-order valence-corrected chi connectivity index (χ2v) is 9.21. The Morgan fingerprint density at radius 3 is 2.41 bits per heavy atom. The second-order valence-electron chi connectivity index (χ2n) is 6.48. The summed E-state index contributed by atoms with van der Waals surface area (Å²) in [6.07, 6.45) is 2.14. The smallest absolute Gasteiger partial charge is 0.250 e. The van der Waals surface area contributed by atoms with Gasteiger partial charge in [-0.1, -0.05) is 48.3 Å². The highest BCUT2D eigenvalue weighted by Gasteiger charge is 2.36. The molecule has 0 saturated carbocycles. The van der Waals surface area contributed by atoms with Crippen LogP contribution in [0.4, 0.5) is 11.4 Å². The third-order valence-corrected chi connectivity index (χ3v) is 6.18. The molecule has 0 aliphatic carbocycles. The number of carbonyl (C=O) groups is 1. The first-order valence-corrected chi connectivity index (χ1v) is 11.2. The Labute approximate surface area is 169 Å². The van der Waals surface area contributed by atoms with Crippen LogP contribution in [0.1, 0.15) is 18.9 Å². The molecule has 0 fully saturated rings. The van der Waals surface area contributed by atoms with Crippen LogP contribution >= 0.6 is 23.2 Å². The number of sulfonamides is 1. The lowest BCUT2D eigenvalue weighted by Crippen LogP contribution is -2.50. The summed E-state index contributed by atoms with van der Waals surface area (Å²) < 4.78 is 26.3. The zero-order chi connectivity index (χ0) is 19.8. The maximum Gasteiger partial charge on any atom is 0.250 e. The van der Waals surface area contributed by atoms with E-state index < -0.39 is 16.1 Å². The van der Waals surface area contributed by atoms with Crippen molar-refractivity contribution in [3.05, 3.63) is 58.1 Å². The monoisotopic (exact) mass is 426 g/mol. The van der Waals surface area contributed by atoms with Gasteiger partial charge in [0.25, 0.3) is 5.91 Å². The van der Waals surface area contributed by atoms with Gasteiger partial charge in [-0.05, 0) is 42.7 Å². The summed E-state index contributed by atoms with van der Waals surface area (Å²) in [6.45, 7) is 2.32. The van der Waals surface area contributed by atoms with E-state index in [4.69, 9.17) is 23.2 Å². The lowest BCUT2D eigenvalue weighted by atomic mass is 10.1. The first-order chi connectivity index (χ1) is 12.7. The summed E-state index contributed by atoms with van der Waals surface area (Å²) in [5.41, 5.74) is 2.19. The van der Waals surface area contributed by atoms with E-state index in [9.17, 15) is 13.2 Å². The van der Waals surface area contributed by atoms with Crippen LogP contribution in [0.3, 0.4) is 0 Å². The van der Waals surface area contributed by atoms with Gasteiger partial charge in [0.2, 0.25) is 10.0 Å². The summed E-state index contributed by atoms with van der Waals surface area (Å²) in [5.74, 6) is -0.260. The van der Waals surface area contributed by atoms with E-state index in [-0.39, 0.29) is 11.6 Å². The molecule has 0 aromatic heterocycles. The molecule has 1 aliphatic rings. The first-order valence-electron chi connectivity index (χ1n) is 8.57. The molecule has 0 radical (unpaired) electrons. The molecule has 5 nitrogen and oxygen atoms in total. The molecule has 0 saturated heterocycles. The van der Waals surface area contributed by atoms with Crippen LogP contribution in [-0.4, -0.2) is 33.2 Å². The van der Waals surface area contributed by atoms with Crippen LogP contribution < -0.4 is 9.21 Å². The van der Waals surface area contributed by atoms with Crippen molar-refractivity contribution >= 4 is 50.5 Å². The van der Waals surface area contributed by atoms with E-state index in [2.05, 4.69) is 0 Å². The molecule has 0 unspecified atom stereocenters. The number of anilines is 2. The first kappa shape index (κ1) is 20.0. The predicted molar refractivity (Wildman–Crippen MR) is 110 cm³/mol. The number of rotatable bonds is 5. The molecule has 0 bridgehead atoms. The van der Waals surface area contributed by atoms with Gasteiger partial charge >= 0.3 is 0 Å². The fourth-order valence-electron chi connectivity index (χ4n) is 3.46. The van der Waals surface area contributed by atoms with Gasteiger partial charge in [-0.25, -0.2) is 8.42 Å². The van der Waals surface area contributed by atoms with Crippen molar-refractivity contribution in [2.75, 3.05) is 22.0 Å². The Bertz CT molecular complexity index is 958. The Morgan fingerprint density at radius 1 is 1.19 bits per heavy atom. The van der Waals surface area contributed by atoms with E-state index >= 15 is 0 Å². The average Bonchev–Trinajstić information content (AvgIpc) is 3.01. The molecule has 144 valence electrons. The number of hydrogen-bond acceptors (Lipinski definition) is 3. The number of para-hydroxylation sites is 1. The van der Waals surface area contributed by atoms with Gasteiger partial charge in [0.15, 0.2) is 0 Å².